The van der Waals surface area contributed by atoms with Crippen molar-refractivity contribution < 1.29 is 17.9 Å². The lowest BCUT2D eigenvalue weighted by molar-refractivity contribution is -0.120. The summed E-state index contributed by atoms with van der Waals surface area (Å²) in [7, 11) is -1.82. The number of ether oxygens (including phenoxy) is 1. The van der Waals surface area contributed by atoms with Gasteiger partial charge in [-0.25, -0.2) is 12.7 Å². The van der Waals surface area contributed by atoms with Crippen LogP contribution in [0.3, 0.4) is 0 Å². The minimum absolute atomic E-state index is 0.0227. The summed E-state index contributed by atoms with van der Waals surface area (Å²) < 4.78 is 30.4. The van der Waals surface area contributed by atoms with Crippen LogP contribution in [0.4, 0.5) is 5.69 Å². The van der Waals surface area contributed by atoms with Gasteiger partial charge < -0.3 is 10.1 Å². The maximum absolute atomic E-state index is 12.2. The number of carbonyl (C=O) groups is 1. The molecule has 0 spiro atoms. The van der Waals surface area contributed by atoms with Crippen molar-refractivity contribution in [3.63, 3.8) is 0 Å². The van der Waals surface area contributed by atoms with Crippen molar-refractivity contribution in [3.8, 4) is 0 Å². The zero-order chi connectivity index (χ0) is 16.9. The van der Waals surface area contributed by atoms with E-state index in [1.54, 1.807) is 24.3 Å². The number of anilines is 1. The number of nitrogens with one attached hydrogen (secondary N) is 1. The van der Waals surface area contributed by atoms with Gasteiger partial charge in [-0.3, -0.25) is 4.79 Å². The molecular weight excluding hydrogens is 340 g/mol. The second kappa shape index (κ2) is 8.10. The van der Waals surface area contributed by atoms with Crippen LogP contribution in [-0.4, -0.2) is 51.2 Å². The van der Waals surface area contributed by atoms with E-state index in [2.05, 4.69) is 5.32 Å². The number of carbonyl (C=O) groups excluding carboxylic acids is 1. The van der Waals surface area contributed by atoms with Crippen molar-refractivity contribution in [2.45, 2.75) is 12.8 Å². The highest BCUT2D eigenvalue weighted by Crippen LogP contribution is 2.22. The van der Waals surface area contributed by atoms with Crippen LogP contribution in [0.1, 0.15) is 12.8 Å². The smallest absolute Gasteiger partial charge is 0.227 e. The molecule has 1 amide bonds. The first-order valence-electron chi connectivity index (χ1n) is 7.45. The third-order valence-corrected chi connectivity index (χ3v) is 5.96. The van der Waals surface area contributed by atoms with Gasteiger partial charge in [0.25, 0.3) is 0 Å². The molecule has 1 saturated heterocycles. The summed E-state index contributed by atoms with van der Waals surface area (Å²) in [5.74, 6) is -0.286. The molecule has 0 atom stereocenters. The molecule has 1 aromatic carbocycles. The van der Waals surface area contributed by atoms with Gasteiger partial charge in [0.1, 0.15) is 0 Å². The number of nitrogens with zero attached hydrogens (tertiary/aromatic N) is 1. The van der Waals surface area contributed by atoms with Crippen molar-refractivity contribution in [2.75, 3.05) is 37.9 Å². The Morgan fingerprint density at radius 2 is 1.91 bits per heavy atom. The van der Waals surface area contributed by atoms with Gasteiger partial charge >= 0.3 is 0 Å². The summed E-state index contributed by atoms with van der Waals surface area (Å²) >= 11 is 5.81. The number of halogens is 1. The molecule has 1 aliphatic rings. The van der Waals surface area contributed by atoms with Crippen molar-refractivity contribution in [2.24, 2.45) is 5.92 Å². The van der Waals surface area contributed by atoms with Gasteiger partial charge in [0.05, 0.1) is 12.4 Å². The molecular formula is C15H21ClN2O4S. The van der Waals surface area contributed by atoms with Gasteiger partial charge in [-0.05, 0) is 37.1 Å². The van der Waals surface area contributed by atoms with Gasteiger partial charge in [0.15, 0.2) is 0 Å². The van der Waals surface area contributed by atoms with Gasteiger partial charge in [0, 0.05) is 36.8 Å². The third-order valence-electron chi connectivity index (χ3n) is 3.88. The Morgan fingerprint density at radius 1 is 1.30 bits per heavy atom. The van der Waals surface area contributed by atoms with E-state index in [4.69, 9.17) is 16.3 Å². The average molecular weight is 361 g/mol. The molecule has 0 aliphatic carbocycles. The van der Waals surface area contributed by atoms with E-state index >= 15 is 0 Å². The van der Waals surface area contributed by atoms with Crippen LogP contribution >= 0.6 is 11.6 Å². The molecule has 1 heterocycles. The molecule has 0 radical (unpaired) electrons. The van der Waals surface area contributed by atoms with Crippen LogP contribution in [0.25, 0.3) is 0 Å². The Bertz CT molecular complexity index is 625. The third kappa shape index (κ3) is 5.17. The lowest BCUT2D eigenvalue weighted by Crippen LogP contribution is -2.42. The molecule has 0 bridgehead atoms. The zero-order valence-electron chi connectivity index (χ0n) is 13.0. The number of benzene rings is 1. The van der Waals surface area contributed by atoms with E-state index in [-0.39, 0.29) is 24.2 Å². The van der Waals surface area contributed by atoms with Gasteiger partial charge in [-0.1, -0.05) is 11.6 Å². The Labute approximate surface area is 141 Å². The predicted octanol–water partition coefficient (Wildman–Crippen LogP) is 1.97. The summed E-state index contributed by atoms with van der Waals surface area (Å²) in [5, 5.41) is 3.45. The monoisotopic (exact) mass is 360 g/mol. The molecule has 128 valence electrons. The molecule has 1 N–H and O–H groups in total. The number of rotatable bonds is 6. The Morgan fingerprint density at radius 3 is 2.48 bits per heavy atom. The number of hydrogen-bond acceptors (Lipinski definition) is 4. The topological polar surface area (TPSA) is 75.7 Å². The van der Waals surface area contributed by atoms with E-state index in [9.17, 15) is 13.2 Å². The van der Waals surface area contributed by atoms with E-state index in [0.29, 0.717) is 36.6 Å². The molecule has 2 rings (SSSR count). The number of amides is 1. The Kier molecular flexibility index (Phi) is 6.41. The molecule has 0 saturated carbocycles. The Hall–Kier alpha value is -1.15. The molecule has 23 heavy (non-hydrogen) atoms. The second-order valence-corrected chi connectivity index (χ2v) is 8.00. The maximum atomic E-state index is 12.2. The lowest BCUT2D eigenvalue weighted by atomic mass is 9.97. The fourth-order valence-electron chi connectivity index (χ4n) is 2.49. The quantitative estimate of drug-likeness (QED) is 0.841. The highest BCUT2D eigenvalue weighted by Gasteiger charge is 2.30. The van der Waals surface area contributed by atoms with Gasteiger partial charge in [0.2, 0.25) is 15.9 Å². The Balaban J connectivity index is 1.86. The summed E-state index contributed by atoms with van der Waals surface area (Å²) in [4.78, 5) is 12.2. The van der Waals surface area contributed by atoms with Crippen molar-refractivity contribution in [1.29, 1.82) is 0 Å². The summed E-state index contributed by atoms with van der Waals surface area (Å²) in [6, 6.07) is 6.90. The standard InChI is InChI=1S/C15H21ClN2O4S/c1-22-10-11-23(20,21)18-8-6-12(7-9-18)15(19)17-14-4-2-13(16)3-5-14/h2-5,12H,6-11H2,1H3,(H,17,19). The van der Waals surface area contributed by atoms with Gasteiger partial charge in [-0.2, -0.15) is 0 Å². The highest BCUT2D eigenvalue weighted by molar-refractivity contribution is 7.89. The van der Waals surface area contributed by atoms with E-state index in [1.807, 2.05) is 0 Å². The molecule has 6 nitrogen and oxygen atoms in total. The fraction of sp³-hybridized carbons (Fsp3) is 0.533. The normalized spacial score (nSPS) is 17.1. The molecule has 1 aromatic rings. The van der Waals surface area contributed by atoms with Crippen molar-refractivity contribution >= 4 is 33.2 Å². The summed E-state index contributed by atoms with van der Waals surface area (Å²) in [5.41, 5.74) is 0.689. The number of hydrogen-bond donors (Lipinski definition) is 1. The number of methoxy groups -OCH3 is 1. The molecule has 1 fully saturated rings. The first-order valence-corrected chi connectivity index (χ1v) is 9.44. The predicted molar refractivity (Wildman–Crippen MR) is 90.0 cm³/mol. The van der Waals surface area contributed by atoms with E-state index < -0.39 is 10.0 Å². The molecule has 0 aromatic heterocycles. The van der Waals surface area contributed by atoms with Crippen molar-refractivity contribution in [3.05, 3.63) is 29.3 Å². The zero-order valence-corrected chi connectivity index (χ0v) is 14.6. The average Bonchev–Trinajstić information content (AvgIpc) is 2.55. The van der Waals surface area contributed by atoms with E-state index in [0.717, 1.165) is 0 Å². The number of piperidine rings is 1. The summed E-state index contributed by atoms with van der Waals surface area (Å²) in [6.45, 7) is 0.912. The first kappa shape index (κ1) is 18.2. The van der Waals surface area contributed by atoms with Crippen LogP contribution in [0.15, 0.2) is 24.3 Å². The van der Waals surface area contributed by atoms with Crippen molar-refractivity contribution in [1.82, 2.24) is 4.31 Å². The van der Waals surface area contributed by atoms with Crippen LogP contribution < -0.4 is 5.32 Å². The fourth-order valence-corrected chi connectivity index (χ4v) is 4.02. The lowest BCUT2D eigenvalue weighted by Gasteiger charge is -2.30. The highest BCUT2D eigenvalue weighted by atomic mass is 35.5. The largest absolute Gasteiger partial charge is 0.384 e. The minimum Gasteiger partial charge on any atom is -0.384 e. The number of sulfonamides is 1. The maximum Gasteiger partial charge on any atom is 0.227 e. The second-order valence-electron chi connectivity index (χ2n) is 5.48. The van der Waals surface area contributed by atoms with E-state index in [1.165, 1.54) is 11.4 Å². The first-order chi connectivity index (χ1) is 10.9. The van der Waals surface area contributed by atoms with Crippen LogP contribution in [0, 0.1) is 5.92 Å². The minimum atomic E-state index is -3.30. The van der Waals surface area contributed by atoms with Crippen LogP contribution in [0.2, 0.25) is 5.02 Å². The molecule has 1 aliphatic heterocycles. The molecule has 8 heteroatoms. The van der Waals surface area contributed by atoms with Crippen LogP contribution in [-0.2, 0) is 19.6 Å². The SMILES string of the molecule is COCCS(=O)(=O)N1CCC(C(=O)Nc2ccc(Cl)cc2)CC1. The van der Waals surface area contributed by atoms with Crippen LogP contribution in [0.5, 0.6) is 0 Å². The van der Waals surface area contributed by atoms with Gasteiger partial charge in [-0.15, -0.1) is 0 Å². The summed E-state index contributed by atoms with van der Waals surface area (Å²) in [6.07, 6.45) is 1.04. The molecule has 0 unspecified atom stereocenters.